The van der Waals surface area contributed by atoms with E-state index in [0.717, 1.165) is 44.6 Å². The molecule has 0 bridgehead atoms. The maximum absolute atomic E-state index is 12.0. The van der Waals surface area contributed by atoms with Crippen LogP contribution in [0, 0.1) is 5.92 Å². The number of esters is 2. The number of carbonyl (C=O) groups is 2. The maximum Gasteiger partial charge on any atom is 0.336 e. The Bertz CT molecular complexity index is 1200. The van der Waals surface area contributed by atoms with Gasteiger partial charge in [0.2, 0.25) is 0 Å². The van der Waals surface area contributed by atoms with E-state index in [1.807, 2.05) is 12.1 Å². The van der Waals surface area contributed by atoms with E-state index in [2.05, 4.69) is 40.4 Å². The highest BCUT2D eigenvalue weighted by Gasteiger charge is 2.23. The quantitative estimate of drug-likeness (QED) is 0.455. The van der Waals surface area contributed by atoms with E-state index in [9.17, 15) is 9.59 Å². The second-order valence-electron chi connectivity index (χ2n) is 7.97. The summed E-state index contributed by atoms with van der Waals surface area (Å²) < 4.78 is 16.1. The summed E-state index contributed by atoms with van der Waals surface area (Å²) in [5.74, 6) is -0.575. The van der Waals surface area contributed by atoms with Crippen LogP contribution < -0.4 is 9.47 Å². The Balaban J connectivity index is 1.32. The molecule has 5 rings (SSSR count). The lowest BCUT2D eigenvalue weighted by Crippen LogP contribution is -2.32. The number of aromatic nitrogens is 1. The van der Waals surface area contributed by atoms with E-state index in [1.165, 1.54) is 11.6 Å². The highest BCUT2D eigenvalue weighted by molar-refractivity contribution is 6.00. The molecule has 0 saturated carbocycles. The molecule has 0 spiro atoms. The molecule has 1 aromatic heterocycles. The number of benzene rings is 2. The largest absolute Gasteiger partial charge is 0.419 e. The summed E-state index contributed by atoms with van der Waals surface area (Å²) in [6.07, 6.45) is 8.20. The third-order valence-electron chi connectivity index (χ3n) is 5.76. The summed E-state index contributed by atoms with van der Waals surface area (Å²) in [5.41, 5.74) is 2.32. The van der Waals surface area contributed by atoms with Crippen LogP contribution in [-0.4, -0.2) is 35.1 Å². The van der Waals surface area contributed by atoms with Crippen molar-refractivity contribution in [3.05, 3.63) is 72.0 Å². The van der Waals surface area contributed by atoms with Crippen LogP contribution in [0.4, 0.5) is 0 Å². The van der Waals surface area contributed by atoms with Gasteiger partial charge in [0, 0.05) is 18.7 Å². The van der Waals surface area contributed by atoms with E-state index in [-0.39, 0.29) is 11.5 Å². The summed E-state index contributed by atoms with van der Waals surface area (Å²) in [4.78, 5) is 26.3. The van der Waals surface area contributed by atoms with Crippen molar-refractivity contribution in [3.63, 3.8) is 0 Å². The van der Waals surface area contributed by atoms with Crippen LogP contribution in [-0.2, 0) is 16.1 Å². The Morgan fingerprint density at radius 3 is 2.50 bits per heavy atom. The lowest BCUT2D eigenvalue weighted by atomic mass is 9.95. The van der Waals surface area contributed by atoms with Crippen LogP contribution in [0.15, 0.2) is 65.2 Å². The predicted molar refractivity (Wildman–Crippen MR) is 118 cm³/mol. The molecule has 0 amide bonds. The fraction of sp³-hybridized carbons (Fsp3) is 0.240. The topological polar surface area (TPSA) is 81.9 Å². The number of ether oxygens (including phenoxy) is 2. The number of piperidine rings is 1. The SMILES string of the molecule is O=C1/C=C\C(=O)Oc2c(ccc3onc(/C=C/C4CCN(Cc5ccccc5)CC4)c23)O1. The van der Waals surface area contributed by atoms with Crippen LogP contribution in [0.2, 0.25) is 0 Å². The first kappa shape index (κ1) is 20.2. The van der Waals surface area contributed by atoms with Gasteiger partial charge in [-0.1, -0.05) is 41.6 Å². The predicted octanol–water partition coefficient (Wildman–Crippen LogP) is 4.13. The molecule has 0 N–H and O–H groups in total. The molecule has 0 atom stereocenters. The zero-order valence-electron chi connectivity index (χ0n) is 17.4. The van der Waals surface area contributed by atoms with Crippen LogP contribution in [0.5, 0.6) is 11.5 Å². The third kappa shape index (κ3) is 4.33. The van der Waals surface area contributed by atoms with Crippen molar-refractivity contribution >= 4 is 29.0 Å². The molecular weight excluding hydrogens is 408 g/mol. The first-order valence-corrected chi connectivity index (χ1v) is 10.6. The van der Waals surface area contributed by atoms with Gasteiger partial charge in [-0.3, -0.25) is 4.90 Å². The summed E-state index contributed by atoms with van der Waals surface area (Å²) in [7, 11) is 0. The van der Waals surface area contributed by atoms with Gasteiger partial charge in [0.15, 0.2) is 17.1 Å². The fourth-order valence-electron chi connectivity index (χ4n) is 4.09. The van der Waals surface area contributed by atoms with Gasteiger partial charge in [-0.15, -0.1) is 0 Å². The van der Waals surface area contributed by atoms with Crippen LogP contribution in [0.1, 0.15) is 24.1 Å². The number of rotatable bonds is 4. The van der Waals surface area contributed by atoms with Crippen molar-refractivity contribution in [2.45, 2.75) is 19.4 Å². The molecule has 7 nitrogen and oxygen atoms in total. The highest BCUT2D eigenvalue weighted by atomic mass is 16.6. The van der Waals surface area contributed by atoms with Gasteiger partial charge < -0.3 is 14.0 Å². The molecular formula is C25H22N2O5. The van der Waals surface area contributed by atoms with Crippen molar-refractivity contribution in [1.82, 2.24) is 10.1 Å². The van der Waals surface area contributed by atoms with Crippen molar-refractivity contribution in [3.8, 4) is 11.5 Å². The standard InChI is InChI=1S/C25H22N2O5/c28-22-10-11-23(29)31-25-21(30-22)9-8-20-24(25)19(26-32-20)7-6-17-12-14-27(15-13-17)16-18-4-2-1-3-5-18/h1-11,17H,12-16H2/b7-6+,11-10-. The van der Waals surface area contributed by atoms with Crippen LogP contribution >= 0.6 is 0 Å². The van der Waals surface area contributed by atoms with Gasteiger partial charge >= 0.3 is 11.9 Å². The second kappa shape index (κ2) is 8.80. The fourth-order valence-corrected chi connectivity index (χ4v) is 4.09. The number of hydrogen-bond donors (Lipinski definition) is 0. The van der Waals surface area contributed by atoms with E-state index < -0.39 is 11.9 Å². The van der Waals surface area contributed by atoms with Gasteiger partial charge in [-0.05, 0) is 55.6 Å². The van der Waals surface area contributed by atoms with E-state index >= 15 is 0 Å². The van der Waals surface area contributed by atoms with Gasteiger partial charge in [-0.2, -0.15) is 0 Å². The zero-order valence-corrected chi connectivity index (χ0v) is 17.4. The van der Waals surface area contributed by atoms with Crippen molar-refractivity contribution in [1.29, 1.82) is 0 Å². The van der Waals surface area contributed by atoms with Crippen molar-refractivity contribution < 1.29 is 23.6 Å². The minimum absolute atomic E-state index is 0.142. The Hall–Kier alpha value is -3.71. The Kier molecular flexibility index (Phi) is 5.56. The second-order valence-corrected chi connectivity index (χ2v) is 7.97. The number of carbonyl (C=O) groups excluding carboxylic acids is 2. The number of nitrogens with zero attached hydrogens (tertiary/aromatic N) is 2. The molecule has 1 fully saturated rings. The molecule has 1 saturated heterocycles. The minimum atomic E-state index is -0.655. The Labute approximate surface area is 184 Å². The van der Waals surface area contributed by atoms with Crippen molar-refractivity contribution in [2.75, 3.05) is 13.1 Å². The normalized spacial score (nSPS) is 18.8. The summed E-state index contributed by atoms with van der Waals surface area (Å²) >= 11 is 0. The number of hydrogen-bond acceptors (Lipinski definition) is 7. The summed E-state index contributed by atoms with van der Waals surface area (Å²) in [6.45, 7) is 3.02. The monoisotopic (exact) mass is 430 g/mol. The molecule has 3 aromatic rings. The Morgan fingerprint density at radius 2 is 1.72 bits per heavy atom. The van der Waals surface area contributed by atoms with E-state index in [0.29, 0.717) is 22.6 Å². The molecule has 7 heteroatoms. The van der Waals surface area contributed by atoms with Gasteiger partial charge in [0.1, 0.15) is 5.69 Å². The third-order valence-corrected chi connectivity index (χ3v) is 5.76. The molecule has 2 aromatic carbocycles. The lowest BCUT2D eigenvalue weighted by Gasteiger charge is -2.30. The maximum atomic E-state index is 12.0. The minimum Gasteiger partial charge on any atom is -0.419 e. The molecule has 162 valence electrons. The molecule has 0 radical (unpaired) electrons. The number of allylic oxidation sites excluding steroid dienone is 1. The average molecular weight is 430 g/mol. The summed E-state index contributed by atoms with van der Waals surface area (Å²) in [6, 6.07) is 13.7. The number of fused-ring (bicyclic) bond motifs is 3. The van der Waals surface area contributed by atoms with Crippen LogP contribution in [0.25, 0.3) is 17.0 Å². The van der Waals surface area contributed by atoms with Crippen molar-refractivity contribution in [2.24, 2.45) is 5.92 Å². The first-order chi connectivity index (χ1) is 15.7. The van der Waals surface area contributed by atoms with Gasteiger partial charge in [-0.25, -0.2) is 9.59 Å². The molecule has 2 aliphatic heterocycles. The van der Waals surface area contributed by atoms with Crippen LogP contribution in [0.3, 0.4) is 0 Å². The van der Waals surface area contributed by atoms with E-state index in [1.54, 1.807) is 6.07 Å². The highest BCUT2D eigenvalue weighted by Crippen LogP contribution is 2.39. The smallest absolute Gasteiger partial charge is 0.336 e. The van der Waals surface area contributed by atoms with E-state index in [4.69, 9.17) is 14.0 Å². The molecule has 0 aliphatic carbocycles. The van der Waals surface area contributed by atoms with Gasteiger partial charge in [0.25, 0.3) is 0 Å². The molecule has 32 heavy (non-hydrogen) atoms. The summed E-state index contributed by atoms with van der Waals surface area (Å²) in [5, 5.41) is 4.65. The average Bonchev–Trinajstić information content (AvgIpc) is 3.22. The Morgan fingerprint density at radius 1 is 0.969 bits per heavy atom. The molecule has 2 aliphatic rings. The zero-order chi connectivity index (χ0) is 21.9. The van der Waals surface area contributed by atoms with Gasteiger partial charge in [0.05, 0.1) is 5.39 Å². The molecule has 3 heterocycles. The molecule has 0 unspecified atom stereocenters. The first-order valence-electron chi connectivity index (χ1n) is 10.6. The lowest BCUT2D eigenvalue weighted by molar-refractivity contribution is -0.133. The number of likely N-dealkylation sites (tertiary alicyclic amines) is 1.